The van der Waals surface area contributed by atoms with Gasteiger partial charge in [-0.05, 0) is 57.5 Å². The number of likely N-dealkylation sites (tertiary alicyclic amines) is 1. The van der Waals surface area contributed by atoms with Crippen molar-refractivity contribution in [2.75, 3.05) is 19.7 Å². The van der Waals surface area contributed by atoms with Crippen LogP contribution in [-0.4, -0.2) is 41.7 Å². The van der Waals surface area contributed by atoms with Crippen LogP contribution in [0.15, 0.2) is 24.3 Å². The zero-order chi connectivity index (χ0) is 14.5. The number of rotatable bonds is 5. The first-order chi connectivity index (χ1) is 9.56. The Balaban J connectivity index is 1.84. The highest BCUT2D eigenvalue weighted by molar-refractivity contribution is 5.87. The Morgan fingerprint density at radius 1 is 1.40 bits per heavy atom. The van der Waals surface area contributed by atoms with E-state index in [1.54, 1.807) is 24.3 Å². The predicted octanol–water partition coefficient (Wildman–Crippen LogP) is 2.88. The monoisotopic (exact) mass is 277 g/mol. The predicted molar refractivity (Wildman–Crippen MR) is 78.3 cm³/mol. The summed E-state index contributed by atoms with van der Waals surface area (Å²) in [6.07, 6.45) is 2.43. The topological polar surface area (TPSA) is 49.8 Å². The van der Waals surface area contributed by atoms with Gasteiger partial charge in [-0.25, -0.2) is 4.79 Å². The van der Waals surface area contributed by atoms with Gasteiger partial charge in [-0.2, -0.15) is 0 Å². The highest BCUT2D eigenvalue weighted by atomic mass is 16.5. The van der Waals surface area contributed by atoms with Gasteiger partial charge in [0.25, 0.3) is 0 Å². The molecule has 1 aromatic carbocycles. The minimum absolute atomic E-state index is 0.293. The van der Waals surface area contributed by atoms with Crippen LogP contribution in [0.4, 0.5) is 0 Å². The van der Waals surface area contributed by atoms with Crippen molar-refractivity contribution in [3.63, 3.8) is 0 Å². The van der Waals surface area contributed by atoms with Gasteiger partial charge >= 0.3 is 5.97 Å². The lowest BCUT2D eigenvalue weighted by Gasteiger charge is -2.35. The highest BCUT2D eigenvalue weighted by Crippen LogP contribution is 2.20. The summed E-state index contributed by atoms with van der Waals surface area (Å²) < 4.78 is 5.79. The smallest absolute Gasteiger partial charge is 0.335 e. The summed E-state index contributed by atoms with van der Waals surface area (Å²) in [6, 6.07) is 7.21. The van der Waals surface area contributed by atoms with E-state index in [0.717, 1.165) is 12.3 Å². The first-order valence-corrected chi connectivity index (χ1v) is 7.26. The van der Waals surface area contributed by atoms with Crippen LogP contribution in [0.5, 0.6) is 5.75 Å². The minimum Gasteiger partial charge on any atom is -0.493 e. The molecule has 1 heterocycles. The third kappa shape index (κ3) is 3.97. The lowest BCUT2D eigenvalue weighted by molar-refractivity contribution is 0.0697. The molecular formula is C16H23NO3. The lowest BCUT2D eigenvalue weighted by atomic mass is 9.98. The van der Waals surface area contributed by atoms with Crippen LogP contribution in [0.1, 0.15) is 37.0 Å². The van der Waals surface area contributed by atoms with Crippen LogP contribution in [0.25, 0.3) is 0 Å². The second kappa shape index (κ2) is 6.75. The average Bonchev–Trinajstić information content (AvgIpc) is 2.46. The summed E-state index contributed by atoms with van der Waals surface area (Å²) >= 11 is 0. The van der Waals surface area contributed by atoms with Crippen LogP contribution >= 0.6 is 0 Å². The molecule has 1 aliphatic rings. The van der Waals surface area contributed by atoms with E-state index >= 15 is 0 Å². The molecule has 110 valence electrons. The van der Waals surface area contributed by atoms with Crippen molar-refractivity contribution in [3.8, 4) is 5.75 Å². The molecule has 0 spiro atoms. The molecule has 1 atom stereocenters. The van der Waals surface area contributed by atoms with Gasteiger partial charge in [0.05, 0.1) is 12.2 Å². The molecule has 0 aliphatic carbocycles. The number of carboxylic acid groups (broad SMARTS) is 1. The Bertz CT molecular complexity index is 442. The molecule has 0 radical (unpaired) electrons. The molecule has 0 amide bonds. The molecule has 0 saturated carbocycles. The van der Waals surface area contributed by atoms with Gasteiger partial charge in [-0.3, -0.25) is 0 Å². The molecule has 4 heteroatoms. The molecule has 1 saturated heterocycles. The molecule has 20 heavy (non-hydrogen) atoms. The Morgan fingerprint density at radius 3 is 2.70 bits per heavy atom. The quantitative estimate of drug-likeness (QED) is 0.899. The molecular weight excluding hydrogens is 254 g/mol. The number of hydrogen-bond donors (Lipinski definition) is 1. The van der Waals surface area contributed by atoms with Gasteiger partial charge in [0.15, 0.2) is 0 Å². The summed E-state index contributed by atoms with van der Waals surface area (Å²) in [7, 11) is 0. The van der Waals surface area contributed by atoms with Crippen molar-refractivity contribution in [3.05, 3.63) is 29.8 Å². The molecule has 1 N–H and O–H groups in total. The maximum atomic E-state index is 10.8. The number of benzene rings is 1. The number of nitrogens with zero attached hydrogens (tertiary/aromatic N) is 1. The van der Waals surface area contributed by atoms with Crippen LogP contribution in [-0.2, 0) is 0 Å². The largest absolute Gasteiger partial charge is 0.493 e. The molecule has 1 aromatic rings. The van der Waals surface area contributed by atoms with Crippen molar-refractivity contribution in [2.24, 2.45) is 5.92 Å². The van der Waals surface area contributed by atoms with E-state index in [0.29, 0.717) is 24.1 Å². The van der Waals surface area contributed by atoms with Crippen LogP contribution in [0, 0.1) is 5.92 Å². The average molecular weight is 277 g/mol. The van der Waals surface area contributed by atoms with E-state index in [9.17, 15) is 4.79 Å². The molecule has 1 fully saturated rings. The van der Waals surface area contributed by atoms with Crippen LogP contribution < -0.4 is 4.74 Å². The van der Waals surface area contributed by atoms with E-state index < -0.39 is 5.97 Å². The number of piperidine rings is 1. The van der Waals surface area contributed by atoms with Gasteiger partial charge in [-0.15, -0.1) is 0 Å². The zero-order valence-electron chi connectivity index (χ0n) is 12.2. The lowest BCUT2D eigenvalue weighted by Crippen LogP contribution is -2.41. The number of carbonyl (C=O) groups is 1. The number of hydrogen-bond acceptors (Lipinski definition) is 3. The molecule has 0 aromatic heterocycles. The highest BCUT2D eigenvalue weighted by Gasteiger charge is 2.22. The molecule has 2 rings (SSSR count). The third-order valence-electron chi connectivity index (χ3n) is 3.87. The second-order valence-corrected chi connectivity index (χ2v) is 5.74. The molecule has 4 nitrogen and oxygen atoms in total. The summed E-state index contributed by atoms with van der Waals surface area (Å²) in [4.78, 5) is 13.3. The van der Waals surface area contributed by atoms with Gasteiger partial charge in [0.1, 0.15) is 5.75 Å². The molecule has 0 bridgehead atoms. The second-order valence-electron chi connectivity index (χ2n) is 5.74. The van der Waals surface area contributed by atoms with Gasteiger partial charge < -0.3 is 14.7 Å². The Labute approximate surface area is 120 Å². The van der Waals surface area contributed by atoms with Crippen LogP contribution in [0.3, 0.4) is 0 Å². The SMILES string of the molecule is CC(C)N1CCCC(COc2ccc(C(=O)O)cc2)C1. The standard InChI is InChI=1S/C16H23NO3/c1-12(2)17-9-3-4-13(10-17)11-20-15-7-5-14(6-8-15)16(18)19/h5-8,12-13H,3-4,9-11H2,1-2H3,(H,18,19). The van der Waals surface area contributed by atoms with E-state index in [1.165, 1.54) is 19.4 Å². The third-order valence-corrected chi connectivity index (χ3v) is 3.87. The fraction of sp³-hybridized carbons (Fsp3) is 0.562. The fourth-order valence-electron chi connectivity index (χ4n) is 2.61. The first kappa shape index (κ1) is 14.9. The van der Waals surface area contributed by atoms with Crippen molar-refractivity contribution in [2.45, 2.75) is 32.7 Å². The normalized spacial score (nSPS) is 20.1. The van der Waals surface area contributed by atoms with Crippen molar-refractivity contribution in [1.29, 1.82) is 0 Å². The summed E-state index contributed by atoms with van der Waals surface area (Å²) in [5.41, 5.74) is 0.293. The van der Waals surface area contributed by atoms with E-state index in [4.69, 9.17) is 9.84 Å². The fourth-order valence-corrected chi connectivity index (χ4v) is 2.61. The number of carboxylic acids is 1. The Morgan fingerprint density at radius 2 is 2.10 bits per heavy atom. The van der Waals surface area contributed by atoms with Crippen molar-refractivity contribution in [1.82, 2.24) is 4.90 Å². The Hall–Kier alpha value is -1.55. The van der Waals surface area contributed by atoms with E-state index in [1.807, 2.05) is 0 Å². The summed E-state index contributed by atoms with van der Waals surface area (Å²) in [6.45, 7) is 7.43. The van der Waals surface area contributed by atoms with E-state index in [-0.39, 0.29) is 0 Å². The number of aromatic carboxylic acids is 1. The maximum absolute atomic E-state index is 10.8. The zero-order valence-corrected chi connectivity index (χ0v) is 12.2. The van der Waals surface area contributed by atoms with Crippen molar-refractivity contribution >= 4 is 5.97 Å². The first-order valence-electron chi connectivity index (χ1n) is 7.26. The van der Waals surface area contributed by atoms with E-state index in [2.05, 4.69) is 18.7 Å². The summed E-state index contributed by atoms with van der Waals surface area (Å²) in [5.74, 6) is 0.401. The Kier molecular flexibility index (Phi) is 5.01. The van der Waals surface area contributed by atoms with Gasteiger partial charge in [-0.1, -0.05) is 0 Å². The molecule has 1 aliphatic heterocycles. The maximum Gasteiger partial charge on any atom is 0.335 e. The van der Waals surface area contributed by atoms with Crippen molar-refractivity contribution < 1.29 is 14.6 Å². The summed E-state index contributed by atoms with van der Waals surface area (Å²) in [5, 5.41) is 8.84. The minimum atomic E-state index is -0.906. The van der Waals surface area contributed by atoms with Gasteiger partial charge in [0.2, 0.25) is 0 Å². The van der Waals surface area contributed by atoms with Crippen LogP contribution in [0.2, 0.25) is 0 Å². The number of ether oxygens (including phenoxy) is 1. The van der Waals surface area contributed by atoms with Gasteiger partial charge in [0, 0.05) is 18.5 Å². The molecule has 1 unspecified atom stereocenters.